The van der Waals surface area contributed by atoms with Gasteiger partial charge in [-0.1, -0.05) is 35.9 Å². The largest absolute Gasteiger partial charge is 0.481 e. The fourth-order valence-electron chi connectivity index (χ4n) is 1.88. The lowest BCUT2D eigenvalue weighted by Gasteiger charge is -2.10. The standard InChI is InChI=1S/C15H13ClN2O3/c16-13-5-6-17-9-12(13)15(21)18-8-11-4-2-1-3-10(11)7-14(19)20/h1-6,9H,7-8H2,(H,18,21)(H,19,20). The number of amides is 1. The Kier molecular flexibility index (Phi) is 4.90. The van der Waals surface area contributed by atoms with Gasteiger partial charge >= 0.3 is 5.97 Å². The SMILES string of the molecule is O=C(O)Cc1ccccc1CNC(=O)c1cnccc1Cl. The first-order chi connectivity index (χ1) is 10.1. The lowest BCUT2D eigenvalue weighted by molar-refractivity contribution is -0.136. The number of rotatable bonds is 5. The van der Waals surface area contributed by atoms with Crippen molar-refractivity contribution in [2.75, 3.05) is 0 Å². The van der Waals surface area contributed by atoms with Crippen molar-refractivity contribution in [2.45, 2.75) is 13.0 Å². The number of carbonyl (C=O) groups excluding carboxylic acids is 1. The molecular weight excluding hydrogens is 292 g/mol. The van der Waals surface area contributed by atoms with Gasteiger partial charge in [0.1, 0.15) is 0 Å². The molecule has 0 radical (unpaired) electrons. The number of carboxylic acid groups (broad SMARTS) is 1. The Morgan fingerprint density at radius 3 is 2.57 bits per heavy atom. The molecule has 21 heavy (non-hydrogen) atoms. The van der Waals surface area contributed by atoms with Crippen LogP contribution in [0.1, 0.15) is 21.5 Å². The first kappa shape index (κ1) is 15.0. The Balaban J connectivity index is 2.08. The first-order valence-electron chi connectivity index (χ1n) is 6.24. The molecule has 2 rings (SSSR count). The number of aliphatic carboxylic acids is 1. The van der Waals surface area contributed by atoms with Crippen molar-refractivity contribution in [1.29, 1.82) is 0 Å². The van der Waals surface area contributed by atoms with Gasteiger partial charge in [0.25, 0.3) is 5.91 Å². The maximum absolute atomic E-state index is 12.0. The second kappa shape index (κ2) is 6.85. The average molecular weight is 305 g/mol. The Bertz CT molecular complexity index is 673. The van der Waals surface area contributed by atoms with Gasteiger partial charge in [-0.15, -0.1) is 0 Å². The van der Waals surface area contributed by atoms with E-state index in [-0.39, 0.29) is 24.4 Å². The van der Waals surface area contributed by atoms with Crippen LogP contribution in [-0.4, -0.2) is 22.0 Å². The van der Waals surface area contributed by atoms with Crippen molar-refractivity contribution in [3.63, 3.8) is 0 Å². The summed E-state index contributed by atoms with van der Waals surface area (Å²) in [6, 6.07) is 8.61. The molecule has 0 aliphatic heterocycles. The highest BCUT2D eigenvalue weighted by atomic mass is 35.5. The van der Waals surface area contributed by atoms with E-state index >= 15 is 0 Å². The summed E-state index contributed by atoms with van der Waals surface area (Å²) in [6.07, 6.45) is 2.81. The van der Waals surface area contributed by atoms with Crippen molar-refractivity contribution in [3.8, 4) is 0 Å². The van der Waals surface area contributed by atoms with Crippen LogP contribution < -0.4 is 5.32 Å². The molecule has 0 spiro atoms. The summed E-state index contributed by atoms with van der Waals surface area (Å²) in [5, 5.41) is 11.9. The second-order valence-corrected chi connectivity index (χ2v) is 4.78. The van der Waals surface area contributed by atoms with E-state index in [1.807, 2.05) is 0 Å². The van der Waals surface area contributed by atoms with Gasteiger partial charge in [-0.25, -0.2) is 0 Å². The van der Waals surface area contributed by atoms with E-state index in [2.05, 4.69) is 10.3 Å². The maximum atomic E-state index is 12.0. The van der Waals surface area contributed by atoms with Gasteiger partial charge in [0.15, 0.2) is 0 Å². The quantitative estimate of drug-likeness (QED) is 0.888. The summed E-state index contributed by atoms with van der Waals surface area (Å²) in [7, 11) is 0. The van der Waals surface area contributed by atoms with E-state index in [0.29, 0.717) is 10.6 Å². The molecule has 108 valence electrons. The Morgan fingerprint density at radius 1 is 1.19 bits per heavy atom. The molecule has 1 amide bonds. The predicted molar refractivity (Wildman–Crippen MR) is 78.2 cm³/mol. The van der Waals surface area contributed by atoms with Gasteiger partial charge in [-0.2, -0.15) is 0 Å². The third-order valence-corrected chi connectivity index (χ3v) is 3.24. The summed E-state index contributed by atoms with van der Waals surface area (Å²) >= 11 is 5.92. The molecule has 0 atom stereocenters. The minimum Gasteiger partial charge on any atom is -0.481 e. The average Bonchev–Trinajstić information content (AvgIpc) is 2.46. The number of halogens is 1. The van der Waals surface area contributed by atoms with E-state index in [4.69, 9.17) is 16.7 Å². The van der Waals surface area contributed by atoms with E-state index in [1.165, 1.54) is 18.5 Å². The summed E-state index contributed by atoms with van der Waals surface area (Å²) < 4.78 is 0. The summed E-state index contributed by atoms with van der Waals surface area (Å²) in [4.78, 5) is 26.7. The van der Waals surface area contributed by atoms with Gasteiger partial charge in [-0.05, 0) is 17.2 Å². The third-order valence-electron chi connectivity index (χ3n) is 2.91. The zero-order chi connectivity index (χ0) is 15.2. The molecule has 5 nitrogen and oxygen atoms in total. The van der Waals surface area contributed by atoms with Crippen LogP contribution in [0.4, 0.5) is 0 Å². The van der Waals surface area contributed by atoms with Crippen LogP contribution in [0, 0.1) is 0 Å². The molecule has 0 aliphatic carbocycles. The van der Waals surface area contributed by atoms with E-state index in [9.17, 15) is 9.59 Å². The number of aromatic nitrogens is 1. The maximum Gasteiger partial charge on any atom is 0.307 e. The number of benzene rings is 1. The fourth-order valence-corrected chi connectivity index (χ4v) is 2.07. The van der Waals surface area contributed by atoms with Crippen molar-refractivity contribution in [1.82, 2.24) is 10.3 Å². The van der Waals surface area contributed by atoms with Crippen LogP contribution in [0.25, 0.3) is 0 Å². The number of hydrogen-bond acceptors (Lipinski definition) is 3. The molecule has 0 aliphatic rings. The second-order valence-electron chi connectivity index (χ2n) is 4.38. The molecule has 2 aromatic rings. The van der Waals surface area contributed by atoms with Crippen molar-refractivity contribution < 1.29 is 14.7 Å². The van der Waals surface area contributed by atoms with Crippen LogP contribution in [0.2, 0.25) is 5.02 Å². The van der Waals surface area contributed by atoms with Crippen molar-refractivity contribution >= 4 is 23.5 Å². The number of hydrogen-bond donors (Lipinski definition) is 2. The Morgan fingerprint density at radius 2 is 1.90 bits per heavy atom. The van der Waals surface area contributed by atoms with Gasteiger partial charge in [0.2, 0.25) is 0 Å². The molecule has 1 heterocycles. The highest BCUT2D eigenvalue weighted by molar-refractivity contribution is 6.33. The molecule has 0 saturated heterocycles. The fraction of sp³-hybridized carbons (Fsp3) is 0.133. The molecule has 0 unspecified atom stereocenters. The van der Waals surface area contributed by atoms with Crippen molar-refractivity contribution in [2.24, 2.45) is 0 Å². The Hall–Kier alpha value is -2.40. The lowest BCUT2D eigenvalue weighted by Crippen LogP contribution is -2.24. The van der Waals surface area contributed by atoms with Crippen LogP contribution in [0.15, 0.2) is 42.7 Å². The van der Waals surface area contributed by atoms with Gasteiger partial charge < -0.3 is 10.4 Å². The smallest absolute Gasteiger partial charge is 0.307 e. The van der Waals surface area contributed by atoms with Crippen molar-refractivity contribution in [3.05, 3.63) is 64.4 Å². The monoisotopic (exact) mass is 304 g/mol. The molecular formula is C15H13ClN2O3. The molecule has 0 fully saturated rings. The predicted octanol–water partition coefficient (Wildman–Crippen LogP) is 2.29. The zero-order valence-electron chi connectivity index (χ0n) is 11.0. The van der Waals surface area contributed by atoms with E-state index in [1.54, 1.807) is 24.3 Å². The van der Waals surface area contributed by atoms with Gasteiger partial charge in [0, 0.05) is 18.9 Å². The highest BCUT2D eigenvalue weighted by Gasteiger charge is 2.11. The normalized spacial score (nSPS) is 10.1. The number of carboxylic acids is 1. The van der Waals surface area contributed by atoms with Gasteiger partial charge in [0.05, 0.1) is 17.0 Å². The molecule has 0 saturated carbocycles. The topological polar surface area (TPSA) is 79.3 Å². The molecule has 6 heteroatoms. The molecule has 1 aromatic carbocycles. The molecule has 1 aromatic heterocycles. The first-order valence-corrected chi connectivity index (χ1v) is 6.62. The van der Waals surface area contributed by atoms with E-state index < -0.39 is 5.97 Å². The van der Waals surface area contributed by atoms with E-state index in [0.717, 1.165) is 5.56 Å². The molecule has 2 N–H and O–H groups in total. The van der Waals surface area contributed by atoms with Crippen LogP contribution in [0.5, 0.6) is 0 Å². The third kappa shape index (κ3) is 4.03. The minimum absolute atomic E-state index is 0.0836. The summed E-state index contributed by atoms with van der Waals surface area (Å²) in [6.45, 7) is 0.230. The summed E-state index contributed by atoms with van der Waals surface area (Å²) in [5.74, 6) is -1.26. The number of pyridine rings is 1. The summed E-state index contributed by atoms with van der Waals surface area (Å²) in [5.41, 5.74) is 1.71. The lowest BCUT2D eigenvalue weighted by atomic mass is 10.0. The van der Waals surface area contributed by atoms with Gasteiger partial charge in [-0.3, -0.25) is 14.6 Å². The Labute approximate surface area is 126 Å². The van der Waals surface area contributed by atoms with Crippen LogP contribution in [-0.2, 0) is 17.8 Å². The highest BCUT2D eigenvalue weighted by Crippen LogP contribution is 2.14. The minimum atomic E-state index is -0.913. The van der Waals surface area contributed by atoms with Crippen LogP contribution in [0.3, 0.4) is 0 Å². The zero-order valence-corrected chi connectivity index (χ0v) is 11.8. The number of nitrogens with one attached hydrogen (secondary N) is 1. The number of nitrogens with zero attached hydrogens (tertiary/aromatic N) is 1. The molecule has 0 bridgehead atoms. The van der Waals surface area contributed by atoms with Crippen LogP contribution >= 0.6 is 11.6 Å². The number of carbonyl (C=O) groups is 2.